The number of aliphatic imine (C=N–C) groups is 1. The Bertz CT molecular complexity index is 790. The first-order chi connectivity index (χ1) is 12.7. The van der Waals surface area contributed by atoms with Crippen molar-refractivity contribution in [3.63, 3.8) is 0 Å². The van der Waals surface area contributed by atoms with Crippen LogP contribution in [-0.4, -0.2) is 27.1 Å². The van der Waals surface area contributed by atoms with E-state index in [0.717, 1.165) is 23.4 Å². The van der Waals surface area contributed by atoms with Crippen LogP contribution in [0.1, 0.15) is 16.7 Å². The standard InChI is InChI=1S/C19H22F4N4.HI/c1-24-18(25-11-13-4-8-16(9-5-13)27(2)3)26-12-14-6-7-15(20)10-17(14)19(21,22)23;/h4-10H,11-12H2,1-3H3,(H2,24,25,26);1H. The number of hydrogen-bond donors (Lipinski definition) is 2. The molecule has 0 unspecified atom stereocenters. The van der Waals surface area contributed by atoms with Crippen molar-refractivity contribution < 1.29 is 17.6 Å². The van der Waals surface area contributed by atoms with Crippen molar-refractivity contribution in [3.8, 4) is 0 Å². The summed E-state index contributed by atoms with van der Waals surface area (Å²) in [4.78, 5) is 5.99. The van der Waals surface area contributed by atoms with Gasteiger partial charge in [0.1, 0.15) is 5.82 Å². The lowest BCUT2D eigenvalue weighted by Crippen LogP contribution is -2.36. The highest BCUT2D eigenvalue weighted by Gasteiger charge is 2.33. The monoisotopic (exact) mass is 510 g/mol. The van der Waals surface area contributed by atoms with E-state index in [-0.39, 0.29) is 36.1 Å². The highest BCUT2D eigenvalue weighted by molar-refractivity contribution is 14.0. The molecule has 0 spiro atoms. The summed E-state index contributed by atoms with van der Waals surface area (Å²) in [5.41, 5.74) is 1.02. The van der Waals surface area contributed by atoms with E-state index in [9.17, 15) is 17.6 Å². The fourth-order valence-electron chi connectivity index (χ4n) is 2.46. The summed E-state index contributed by atoms with van der Waals surface area (Å²) >= 11 is 0. The molecule has 2 aromatic rings. The molecule has 0 atom stereocenters. The molecule has 0 aliphatic rings. The first-order valence-electron chi connectivity index (χ1n) is 8.27. The Morgan fingerprint density at radius 1 is 1.00 bits per heavy atom. The van der Waals surface area contributed by atoms with Gasteiger partial charge in [0.25, 0.3) is 0 Å². The van der Waals surface area contributed by atoms with Gasteiger partial charge < -0.3 is 15.5 Å². The minimum Gasteiger partial charge on any atom is -0.378 e. The zero-order valence-corrected chi connectivity index (χ0v) is 18.1. The van der Waals surface area contributed by atoms with Crippen LogP contribution in [0.4, 0.5) is 23.2 Å². The van der Waals surface area contributed by atoms with Gasteiger partial charge >= 0.3 is 6.18 Å². The van der Waals surface area contributed by atoms with Gasteiger partial charge in [0, 0.05) is 39.9 Å². The topological polar surface area (TPSA) is 39.7 Å². The summed E-state index contributed by atoms with van der Waals surface area (Å²) in [6, 6.07) is 10.5. The maximum atomic E-state index is 13.2. The van der Waals surface area contributed by atoms with Gasteiger partial charge in [-0.2, -0.15) is 13.2 Å². The number of rotatable bonds is 5. The van der Waals surface area contributed by atoms with Crippen molar-refractivity contribution in [2.45, 2.75) is 19.3 Å². The lowest BCUT2D eigenvalue weighted by molar-refractivity contribution is -0.138. The Balaban J connectivity index is 0.00000392. The van der Waals surface area contributed by atoms with E-state index in [1.165, 1.54) is 7.05 Å². The minimum atomic E-state index is -4.62. The fraction of sp³-hybridized carbons (Fsp3) is 0.316. The van der Waals surface area contributed by atoms with Crippen LogP contribution < -0.4 is 15.5 Å². The number of benzene rings is 2. The molecule has 0 aliphatic carbocycles. The number of guanidine groups is 1. The Kier molecular flexibility index (Phi) is 8.99. The van der Waals surface area contributed by atoms with Gasteiger partial charge in [-0.3, -0.25) is 4.99 Å². The molecule has 0 fully saturated rings. The van der Waals surface area contributed by atoms with Crippen LogP contribution >= 0.6 is 24.0 Å². The number of halogens is 5. The summed E-state index contributed by atoms with van der Waals surface area (Å²) in [6.07, 6.45) is -4.62. The van der Waals surface area contributed by atoms with Gasteiger partial charge in [0.05, 0.1) is 5.56 Å². The maximum Gasteiger partial charge on any atom is 0.416 e. The Morgan fingerprint density at radius 3 is 2.14 bits per heavy atom. The second-order valence-corrected chi connectivity index (χ2v) is 6.14. The Labute approximate surface area is 179 Å². The van der Waals surface area contributed by atoms with Gasteiger partial charge in [-0.25, -0.2) is 4.39 Å². The van der Waals surface area contributed by atoms with Gasteiger partial charge in [0.15, 0.2) is 5.96 Å². The van der Waals surface area contributed by atoms with Crippen molar-refractivity contribution in [1.29, 1.82) is 0 Å². The van der Waals surface area contributed by atoms with Crippen LogP contribution in [0.3, 0.4) is 0 Å². The number of nitrogens with one attached hydrogen (secondary N) is 2. The molecule has 0 amide bonds. The molecule has 9 heteroatoms. The van der Waals surface area contributed by atoms with E-state index < -0.39 is 17.6 Å². The first kappa shape index (κ1) is 24.0. The van der Waals surface area contributed by atoms with Gasteiger partial charge in [-0.05, 0) is 35.4 Å². The van der Waals surface area contributed by atoms with E-state index in [1.807, 2.05) is 43.3 Å². The summed E-state index contributed by atoms with van der Waals surface area (Å²) in [7, 11) is 5.42. The third-order valence-electron chi connectivity index (χ3n) is 3.96. The largest absolute Gasteiger partial charge is 0.416 e. The van der Waals surface area contributed by atoms with Crippen LogP contribution in [0, 0.1) is 5.82 Å². The minimum absolute atomic E-state index is 0. The number of anilines is 1. The SMILES string of the molecule is CN=C(NCc1ccc(N(C)C)cc1)NCc1ccc(F)cc1C(F)(F)F.I. The zero-order chi connectivity index (χ0) is 20.0. The Morgan fingerprint density at radius 2 is 1.61 bits per heavy atom. The summed E-state index contributed by atoms with van der Waals surface area (Å²) in [5.74, 6) is -0.570. The molecule has 4 nitrogen and oxygen atoms in total. The van der Waals surface area contributed by atoms with Crippen LogP contribution in [0.15, 0.2) is 47.5 Å². The highest BCUT2D eigenvalue weighted by atomic mass is 127. The molecule has 2 aromatic carbocycles. The number of nitrogens with zero attached hydrogens (tertiary/aromatic N) is 2. The second-order valence-electron chi connectivity index (χ2n) is 6.14. The van der Waals surface area contributed by atoms with E-state index >= 15 is 0 Å². The van der Waals surface area contributed by atoms with Crippen molar-refractivity contribution in [2.75, 3.05) is 26.0 Å². The average Bonchev–Trinajstić information content (AvgIpc) is 2.62. The molecular weight excluding hydrogens is 487 g/mol. The van der Waals surface area contributed by atoms with E-state index in [0.29, 0.717) is 18.6 Å². The molecule has 0 aliphatic heterocycles. The molecular formula is C19H23F4IN4. The quantitative estimate of drug-likeness (QED) is 0.271. The molecule has 2 N–H and O–H groups in total. The number of alkyl halides is 3. The molecule has 0 heterocycles. The van der Waals surface area contributed by atoms with Crippen LogP contribution in [0.5, 0.6) is 0 Å². The van der Waals surface area contributed by atoms with Crippen LogP contribution in [-0.2, 0) is 19.3 Å². The van der Waals surface area contributed by atoms with E-state index in [2.05, 4.69) is 15.6 Å². The van der Waals surface area contributed by atoms with Crippen LogP contribution in [0.2, 0.25) is 0 Å². The van der Waals surface area contributed by atoms with Crippen molar-refractivity contribution in [3.05, 3.63) is 65.0 Å². The lowest BCUT2D eigenvalue weighted by atomic mass is 10.1. The lowest BCUT2D eigenvalue weighted by Gasteiger charge is -2.16. The van der Waals surface area contributed by atoms with Crippen LogP contribution in [0.25, 0.3) is 0 Å². The Hall–Kier alpha value is -2.04. The molecule has 2 rings (SSSR count). The summed E-state index contributed by atoms with van der Waals surface area (Å²) in [5, 5.41) is 5.87. The normalized spacial score (nSPS) is 11.6. The molecule has 0 saturated heterocycles. The van der Waals surface area contributed by atoms with Crippen molar-refractivity contribution in [1.82, 2.24) is 10.6 Å². The molecule has 0 saturated carbocycles. The average molecular weight is 510 g/mol. The molecule has 0 radical (unpaired) electrons. The predicted octanol–water partition coefficient (Wildman–Crippen LogP) is 4.39. The molecule has 0 bridgehead atoms. The third-order valence-corrected chi connectivity index (χ3v) is 3.96. The van der Waals surface area contributed by atoms with Gasteiger partial charge in [-0.15, -0.1) is 24.0 Å². The highest BCUT2D eigenvalue weighted by Crippen LogP contribution is 2.32. The fourth-order valence-corrected chi connectivity index (χ4v) is 2.46. The zero-order valence-electron chi connectivity index (χ0n) is 15.8. The number of hydrogen-bond acceptors (Lipinski definition) is 2. The van der Waals surface area contributed by atoms with Crippen molar-refractivity contribution >= 4 is 35.6 Å². The molecule has 0 aromatic heterocycles. The van der Waals surface area contributed by atoms with Gasteiger partial charge in [0.2, 0.25) is 0 Å². The first-order valence-corrected chi connectivity index (χ1v) is 8.27. The molecule has 154 valence electrons. The van der Waals surface area contributed by atoms with E-state index in [1.54, 1.807) is 0 Å². The van der Waals surface area contributed by atoms with E-state index in [4.69, 9.17) is 0 Å². The van der Waals surface area contributed by atoms with Crippen molar-refractivity contribution in [2.24, 2.45) is 4.99 Å². The van der Waals surface area contributed by atoms with Gasteiger partial charge in [-0.1, -0.05) is 18.2 Å². The third kappa shape index (κ3) is 6.84. The predicted molar refractivity (Wildman–Crippen MR) is 115 cm³/mol. The maximum absolute atomic E-state index is 13.2. The summed E-state index contributed by atoms with van der Waals surface area (Å²) in [6.45, 7) is 0.331. The second kappa shape index (κ2) is 10.5. The smallest absolute Gasteiger partial charge is 0.378 e. The summed E-state index contributed by atoms with van der Waals surface area (Å²) < 4.78 is 52.3. The molecule has 28 heavy (non-hydrogen) atoms.